The third-order valence-electron chi connectivity index (χ3n) is 4.53. The van der Waals surface area contributed by atoms with E-state index in [1.165, 1.54) is 44.2 Å². The van der Waals surface area contributed by atoms with Crippen LogP contribution in [0.3, 0.4) is 0 Å². The standard InChI is InChI=1S/C15H20FNO/c16-13-5-6-15(12(9-13)10-18)17-8-7-11-3-1-2-4-14(11)17/h5-6,9,11,14,18H,1-4,7-8,10H2. The minimum absolute atomic E-state index is 0.0824. The molecule has 2 fully saturated rings. The molecule has 2 unspecified atom stereocenters. The number of aliphatic hydroxyl groups excluding tert-OH is 1. The molecule has 1 heterocycles. The Hall–Kier alpha value is -1.09. The number of hydrogen-bond donors (Lipinski definition) is 1. The second kappa shape index (κ2) is 4.88. The van der Waals surface area contributed by atoms with E-state index in [9.17, 15) is 9.50 Å². The van der Waals surface area contributed by atoms with Crippen LogP contribution in [0.1, 0.15) is 37.7 Å². The predicted octanol–water partition coefficient (Wildman–Crippen LogP) is 3.09. The third kappa shape index (κ3) is 2.01. The number of hydrogen-bond acceptors (Lipinski definition) is 2. The van der Waals surface area contributed by atoms with Gasteiger partial charge >= 0.3 is 0 Å². The first-order valence-electron chi connectivity index (χ1n) is 6.95. The van der Waals surface area contributed by atoms with Gasteiger partial charge in [0.25, 0.3) is 0 Å². The van der Waals surface area contributed by atoms with Crippen LogP contribution in [0.25, 0.3) is 0 Å². The lowest BCUT2D eigenvalue weighted by Crippen LogP contribution is -2.35. The van der Waals surface area contributed by atoms with Gasteiger partial charge in [-0.1, -0.05) is 12.8 Å². The quantitative estimate of drug-likeness (QED) is 0.870. The van der Waals surface area contributed by atoms with Crippen LogP contribution in [-0.4, -0.2) is 17.7 Å². The first-order valence-corrected chi connectivity index (χ1v) is 6.95. The van der Waals surface area contributed by atoms with E-state index in [-0.39, 0.29) is 12.4 Å². The Morgan fingerprint density at radius 2 is 2.06 bits per heavy atom. The van der Waals surface area contributed by atoms with Gasteiger partial charge in [0, 0.05) is 23.8 Å². The smallest absolute Gasteiger partial charge is 0.123 e. The molecular formula is C15H20FNO. The van der Waals surface area contributed by atoms with E-state index in [0.717, 1.165) is 23.7 Å². The van der Waals surface area contributed by atoms with E-state index in [4.69, 9.17) is 0 Å². The Bertz CT molecular complexity index is 435. The lowest BCUT2D eigenvalue weighted by molar-refractivity contribution is 0.280. The number of rotatable bonds is 2. The molecule has 2 aliphatic rings. The van der Waals surface area contributed by atoms with Crippen LogP contribution in [0, 0.1) is 11.7 Å². The van der Waals surface area contributed by atoms with Gasteiger partial charge in [-0.3, -0.25) is 0 Å². The van der Waals surface area contributed by atoms with Gasteiger partial charge in [0.1, 0.15) is 5.82 Å². The van der Waals surface area contributed by atoms with Crippen LogP contribution in [0.15, 0.2) is 18.2 Å². The predicted molar refractivity (Wildman–Crippen MR) is 70.0 cm³/mol. The highest BCUT2D eigenvalue weighted by Gasteiger charge is 2.36. The molecule has 2 nitrogen and oxygen atoms in total. The lowest BCUT2D eigenvalue weighted by Gasteiger charge is -2.34. The van der Waals surface area contributed by atoms with Crippen molar-refractivity contribution < 1.29 is 9.50 Å². The summed E-state index contributed by atoms with van der Waals surface area (Å²) in [6.45, 7) is 0.967. The second-order valence-electron chi connectivity index (χ2n) is 5.53. The molecule has 0 radical (unpaired) electrons. The van der Waals surface area contributed by atoms with E-state index in [1.54, 1.807) is 0 Å². The molecule has 2 atom stereocenters. The molecule has 0 amide bonds. The average molecular weight is 249 g/mol. The van der Waals surface area contributed by atoms with Crippen LogP contribution in [-0.2, 0) is 6.61 Å². The van der Waals surface area contributed by atoms with Gasteiger partial charge in [-0.05, 0) is 43.4 Å². The van der Waals surface area contributed by atoms with Crippen molar-refractivity contribution in [3.8, 4) is 0 Å². The van der Waals surface area contributed by atoms with E-state index < -0.39 is 0 Å². The average Bonchev–Trinajstić information content (AvgIpc) is 2.82. The zero-order valence-electron chi connectivity index (χ0n) is 10.6. The molecule has 0 aromatic heterocycles. The summed E-state index contributed by atoms with van der Waals surface area (Å²) in [6, 6.07) is 5.41. The molecule has 1 aromatic carbocycles. The Morgan fingerprint density at radius 1 is 1.22 bits per heavy atom. The summed E-state index contributed by atoms with van der Waals surface area (Å²) in [6.07, 6.45) is 6.47. The van der Waals surface area contributed by atoms with E-state index in [2.05, 4.69) is 4.90 Å². The second-order valence-corrected chi connectivity index (χ2v) is 5.53. The molecular weight excluding hydrogens is 229 g/mol. The van der Waals surface area contributed by atoms with Gasteiger partial charge in [0.05, 0.1) is 6.61 Å². The Kier molecular flexibility index (Phi) is 3.25. The highest BCUT2D eigenvalue weighted by atomic mass is 19.1. The maximum atomic E-state index is 13.2. The fraction of sp³-hybridized carbons (Fsp3) is 0.600. The van der Waals surface area contributed by atoms with Crippen LogP contribution >= 0.6 is 0 Å². The van der Waals surface area contributed by atoms with Crippen molar-refractivity contribution >= 4 is 5.69 Å². The van der Waals surface area contributed by atoms with E-state index >= 15 is 0 Å². The van der Waals surface area contributed by atoms with Gasteiger partial charge in [0.2, 0.25) is 0 Å². The Balaban J connectivity index is 1.90. The molecule has 0 spiro atoms. The van der Waals surface area contributed by atoms with Crippen molar-refractivity contribution in [2.75, 3.05) is 11.4 Å². The highest BCUT2D eigenvalue weighted by molar-refractivity contribution is 5.55. The van der Waals surface area contributed by atoms with Crippen molar-refractivity contribution in [1.29, 1.82) is 0 Å². The summed E-state index contributed by atoms with van der Waals surface area (Å²) >= 11 is 0. The third-order valence-corrected chi connectivity index (χ3v) is 4.53. The molecule has 1 aliphatic heterocycles. The monoisotopic (exact) mass is 249 g/mol. The lowest BCUT2D eigenvalue weighted by atomic mass is 9.85. The molecule has 3 rings (SSSR count). The van der Waals surface area contributed by atoms with E-state index in [0.29, 0.717) is 6.04 Å². The van der Waals surface area contributed by atoms with Gasteiger partial charge in [-0.15, -0.1) is 0 Å². The largest absolute Gasteiger partial charge is 0.392 e. The van der Waals surface area contributed by atoms with Gasteiger partial charge in [0.15, 0.2) is 0 Å². The molecule has 3 heteroatoms. The van der Waals surface area contributed by atoms with Gasteiger partial charge in [-0.25, -0.2) is 4.39 Å². The van der Waals surface area contributed by atoms with Crippen molar-refractivity contribution in [3.05, 3.63) is 29.6 Å². The maximum Gasteiger partial charge on any atom is 0.123 e. The summed E-state index contributed by atoms with van der Waals surface area (Å²) in [5, 5.41) is 9.41. The molecule has 1 aliphatic carbocycles. The first-order chi connectivity index (χ1) is 8.79. The zero-order chi connectivity index (χ0) is 12.5. The molecule has 1 N–H and O–H groups in total. The van der Waals surface area contributed by atoms with Crippen LogP contribution in [0.5, 0.6) is 0 Å². The molecule has 98 valence electrons. The summed E-state index contributed by atoms with van der Waals surface area (Å²) in [7, 11) is 0. The number of anilines is 1. The number of halogens is 1. The number of nitrogens with zero attached hydrogens (tertiary/aromatic N) is 1. The van der Waals surface area contributed by atoms with Crippen molar-refractivity contribution in [1.82, 2.24) is 0 Å². The Morgan fingerprint density at radius 3 is 2.89 bits per heavy atom. The fourth-order valence-electron chi connectivity index (χ4n) is 3.67. The highest BCUT2D eigenvalue weighted by Crippen LogP contribution is 2.39. The number of fused-ring (bicyclic) bond motifs is 1. The maximum absolute atomic E-state index is 13.2. The summed E-state index contributed by atoms with van der Waals surface area (Å²) in [4.78, 5) is 2.40. The number of benzene rings is 1. The first kappa shape index (κ1) is 12.0. The number of aliphatic hydroxyl groups is 1. The van der Waals surface area contributed by atoms with Crippen LogP contribution in [0.2, 0.25) is 0 Å². The minimum atomic E-state index is -0.262. The van der Waals surface area contributed by atoms with E-state index in [1.807, 2.05) is 6.07 Å². The molecule has 1 saturated carbocycles. The SMILES string of the molecule is OCc1cc(F)ccc1N1CCC2CCCCC21. The minimum Gasteiger partial charge on any atom is -0.392 e. The summed E-state index contributed by atoms with van der Waals surface area (Å²) < 4.78 is 13.2. The molecule has 1 saturated heterocycles. The summed E-state index contributed by atoms with van der Waals surface area (Å²) in [5.74, 6) is 0.539. The molecule has 1 aromatic rings. The van der Waals surface area contributed by atoms with Crippen molar-refractivity contribution in [2.24, 2.45) is 5.92 Å². The summed E-state index contributed by atoms with van der Waals surface area (Å²) in [5.41, 5.74) is 1.76. The van der Waals surface area contributed by atoms with Crippen molar-refractivity contribution in [2.45, 2.75) is 44.8 Å². The van der Waals surface area contributed by atoms with Crippen LogP contribution in [0.4, 0.5) is 10.1 Å². The molecule has 0 bridgehead atoms. The topological polar surface area (TPSA) is 23.5 Å². The molecule has 18 heavy (non-hydrogen) atoms. The van der Waals surface area contributed by atoms with Gasteiger partial charge in [-0.2, -0.15) is 0 Å². The fourth-order valence-corrected chi connectivity index (χ4v) is 3.67. The normalized spacial score (nSPS) is 27.3. The zero-order valence-corrected chi connectivity index (χ0v) is 10.6. The van der Waals surface area contributed by atoms with Crippen LogP contribution < -0.4 is 4.90 Å². The van der Waals surface area contributed by atoms with Crippen molar-refractivity contribution in [3.63, 3.8) is 0 Å². The van der Waals surface area contributed by atoms with Gasteiger partial charge < -0.3 is 10.0 Å². The Labute approximate surface area is 107 Å².